The van der Waals surface area contributed by atoms with Crippen LogP contribution in [0.5, 0.6) is 0 Å². The molecule has 0 amide bonds. The van der Waals surface area contributed by atoms with Gasteiger partial charge < -0.3 is 19.4 Å². The molecule has 10 nitrogen and oxygen atoms in total. The molecule has 0 spiro atoms. The van der Waals surface area contributed by atoms with Gasteiger partial charge in [-0.1, -0.05) is 22.8 Å². The van der Waals surface area contributed by atoms with E-state index in [1.54, 1.807) is 18.2 Å². The zero-order chi connectivity index (χ0) is 19.7. The monoisotopic (exact) mass is 407 g/mol. The topological polar surface area (TPSA) is 113 Å². The number of hydrogen-bond donors (Lipinski definition) is 1. The van der Waals surface area contributed by atoms with Crippen LogP contribution in [0.15, 0.2) is 28.8 Å². The average Bonchev–Trinajstić information content (AvgIpc) is 3.33. The number of rotatable bonds is 5. The summed E-state index contributed by atoms with van der Waals surface area (Å²) in [5, 5.41) is 24.3. The van der Waals surface area contributed by atoms with E-state index >= 15 is 0 Å². The number of benzene rings is 1. The lowest BCUT2D eigenvalue weighted by molar-refractivity contribution is -0.138. The van der Waals surface area contributed by atoms with Gasteiger partial charge in [0.25, 0.3) is 0 Å². The second-order valence-corrected chi connectivity index (χ2v) is 6.51. The summed E-state index contributed by atoms with van der Waals surface area (Å²) >= 11 is 6.07. The Labute approximate surface area is 163 Å². The SMILES string of the molecule is O=C(O)Cn1nnc(-c2cc(N3CCN(c4cccc(F)c4Cl)CC3)no2)n1. The number of halogens is 2. The predicted octanol–water partition coefficient (Wildman–Crippen LogP) is 1.53. The van der Waals surface area contributed by atoms with Crippen LogP contribution in [0.25, 0.3) is 11.6 Å². The summed E-state index contributed by atoms with van der Waals surface area (Å²) in [6, 6.07) is 6.44. The summed E-state index contributed by atoms with van der Waals surface area (Å²) in [5.74, 6) is -0.452. The lowest BCUT2D eigenvalue weighted by Gasteiger charge is -2.36. The molecular weight excluding hydrogens is 393 g/mol. The van der Waals surface area contributed by atoms with Crippen LogP contribution in [-0.2, 0) is 11.3 Å². The molecule has 0 saturated carbocycles. The molecule has 0 atom stereocenters. The van der Waals surface area contributed by atoms with Gasteiger partial charge in [0.05, 0.1) is 10.7 Å². The van der Waals surface area contributed by atoms with E-state index in [0.717, 1.165) is 4.80 Å². The van der Waals surface area contributed by atoms with E-state index in [0.29, 0.717) is 43.4 Å². The molecule has 12 heteroatoms. The number of carbonyl (C=O) groups is 1. The molecule has 1 saturated heterocycles. The maximum Gasteiger partial charge on any atom is 0.327 e. The lowest BCUT2D eigenvalue weighted by Crippen LogP contribution is -2.46. The van der Waals surface area contributed by atoms with Crippen LogP contribution >= 0.6 is 11.6 Å². The van der Waals surface area contributed by atoms with Gasteiger partial charge in [0.2, 0.25) is 11.6 Å². The molecule has 0 bridgehead atoms. The van der Waals surface area contributed by atoms with Crippen LogP contribution in [0.2, 0.25) is 5.02 Å². The molecule has 1 fully saturated rings. The number of hydrogen-bond acceptors (Lipinski definition) is 8. The largest absolute Gasteiger partial charge is 0.480 e. The summed E-state index contributed by atoms with van der Waals surface area (Å²) in [4.78, 5) is 15.7. The molecule has 1 aliphatic heterocycles. The van der Waals surface area contributed by atoms with Gasteiger partial charge >= 0.3 is 5.97 Å². The third-order valence-corrected chi connectivity index (χ3v) is 4.70. The van der Waals surface area contributed by atoms with E-state index in [2.05, 4.69) is 20.6 Å². The number of nitrogens with zero attached hydrogens (tertiary/aromatic N) is 7. The fourth-order valence-electron chi connectivity index (χ4n) is 2.96. The van der Waals surface area contributed by atoms with Gasteiger partial charge in [0, 0.05) is 32.2 Å². The summed E-state index contributed by atoms with van der Waals surface area (Å²) in [6.45, 7) is 2.16. The summed E-state index contributed by atoms with van der Waals surface area (Å²) in [5.41, 5.74) is 0.668. The van der Waals surface area contributed by atoms with Crippen molar-refractivity contribution in [3.63, 3.8) is 0 Å². The van der Waals surface area contributed by atoms with Gasteiger partial charge in [-0.25, -0.2) is 4.39 Å². The van der Waals surface area contributed by atoms with Crippen molar-refractivity contribution in [3.05, 3.63) is 35.1 Å². The minimum atomic E-state index is -1.07. The van der Waals surface area contributed by atoms with Crippen LogP contribution < -0.4 is 9.80 Å². The molecule has 0 radical (unpaired) electrons. The van der Waals surface area contributed by atoms with Gasteiger partial charge in [-0.2, -0.15) is 4.80 Å². The van der Waals surface area contributed by atoms with Crippen molar-refractivity contribution in [2.24, 2.45) is 0 Å². The molecule has 1 aromatic carbocycles. The van der Waals surface area contributed by atoms with Gasteiger partial charge in [-0.05, 0) is 17.3 Å². The fourth-order valence-corrected chi connectivity index (χ4v) is 3.21. The summed E-state index contributed by atoms with van der Waals surface area (Å²) in [7, 11) is 0. The van der Waals surface area contributed by atoms with E-state index in [1.165, 1.54) is 6.07 Å². The second-order valence-electron chi connectivity index (χ2n) is 6.13. The van der Waals surface area contributed by atoms with E-state index in [9.17, 15) is 9.18 Å². The maximum atomic E-state index is 13.7. The Morgan fingerprint density at radius 3 is 2.75 bits per heavy atom. The van der Waals surface area contributed by atoms with Gasteiger partial charge in [0.15, 0.2) is 12.4 Å². The Morgan fingerprint density at radius 2 is 2.00 bits per heavy atom. The first-order chi connectivity index (χ1) is 13.5. The number of anilines is 2. The molecule has 0 aliphatic carbocycles. The van der Waals surface area contributed by atoms with Crippen LogP contribution in [-0.4, -0.2) is 62.6 Å². The molecule has 3 heterocycles. The standard InChI is InChI=1S/C16H15ClFN7O3/c17-15-10(18)2-1-3-11(15)23-4-6-24(7-5-23)13-8-12(28-21-13)16-19-22-25(20-16)9-14(26)27/h1-3,8H,4-7,9H2,(H,26,27). The van der Waals surface area contributed by atoms with E-state index < -0.39 is 18.3 Å². The fraction of sp³-hybridized carbons (Fsp3) is 0.312. The van der Waals surface area contributed by atoms with E-state index in [-0.39, 0.29) is 10.8 Å². The third-order valence-electron chi connectivity index (χ3n) is 4.32. The first-order valence-electron chi connectivity index (χ1n) is 8.42. The number of tetrazole rings is 1. The minimum absolute atomic E-state index is 0.121. The molecule has 1 aliphatic rings. The van der Waals surface area contributed by atoms with Crippen molar-refractivity contribution >= 4 is 29.1 Å². The lowest BCUT2D eigenvalue weighted by atomic mass is 10.2. The molecule has 3 aromatic rings. The zero-order valence-corrected chi connectivity index (χ0v) is 15.3. The first-order valence-corrected chi connectivity index (χ1v) is 8.79. The highest BCUT2D eigenvalue weighted by Gasteiger charge is 2.23. The number of carboxylic acids is 1. The smallest absolute Gasteiger partial charge is 0.327 e. The van der Waals surface area contributed by atoms with E-state index in [1.807, 2.05) is 9.80 Å². The van der Waals surface area contributed by atoms with Crippen molar-refractivity contribution in [3.8, 4) is 11.6 Å². The number of carboxylic acid groups (broad SMARTS) is 1. The highest BCUT2D eigenvalue weighted by Crippen LogP contribution is 2.30. The van der Waals surface area contributed by atoms with Gasteiger partial charge in [0.1, 0.15) is 5.82 Å². The zero-order valence-electron chi connectivity index (χ0n) is 14.5. The Kier molecular flexibility index (Phi) is 4.82. The Morgan fingerprint density at radius 1 is 1.25 bits per heavy atom. The highest BCUT2D eigenvalue weighted by molar-refractivity contribution is 6.33. The van der Waals surface area contributed by atoms with Crippen molar-refractivity contribution in [2.75, 3.05) is 36.0 Å². The Bertz CT molecular complexity index is 1000. The first kappa shape index (κ1) is 18.2. The van der Waals surface area contributed by atoms with Gasteiger partial charge in [-0.3, -0.25) is 4.79 Å². The summed E-state index contributed by atoms with van der Waals surface area (Å²) in [6.07, 6.45) is 0. The molecule has 0 unspecified atom stereocenters. The van der Waals surface area contributed by atoms with Crippen LogP contribution in [0.4, 0.5) is 15.9 Å². The van der Waals surface area contributed by atoms with Crippen LogP contribution in [0.1, 0.15) is 0 Å². The van der Waals surface area contributed by atoms with Crippen molar-refractivity contribution < 1.29 is 18.8 Å². The molecule has 28 heavy (non-hydrogen) atoms. The van der Waals surface area contributed by atoms with Crippen LogP contribution in [0, 0.1) is 5.82 Å². The minimum Gasteiger partial charge on any atom is -0.480 e. The Hall–Kier alpha value is -3.21. The Balaban J connectivity index is 1.42. The molecule has 2 aromatic heterocycles. The molecule has 4 rings (SSSR count). The maximum absolute atomic E-state index is 13.7. The van der Waals surface area contributed by atoms with Crippen molar-refractivity contribution in [1.82, 2.24) is 25.4 Å². The van der Waals surface area contributed by atoms with Gasteiger partial charge in [-0.15, -0.1) is 10.2 Å². The van der Waals surface area contributed by atoms with E-state index in [4.69, 9.17) is 21.2 Å². The molecule has 1 N–H and O–H groups in total. The average molecular weight is 408 g/mol. The van der Waals surface area contributed by atoms with Crippen molar-refractivity contribution in [2.45, 2.75) is 6.54 Å². The number of aliphatic carboxylic acids is 1. The molecule has 146 valence electrons. The summed E-state index contributed by atoms with van der Waals surface area (Å²) < 4.78 is 18.9. The number of piperazine rings is 1. The molecular formula is C16H15ClFN7O3. The number of aromatic nitrogens is 5. The second kappa shape index (κ2) is 7.43. The van der Waals surface area contributed by atoms with Crippen LogP contribution in [0.3, 0.4) is 0 Å². The third kappa shape index (κ3) is 3.60. The predicted molar refractivity (Wildman–Crippen MR) is 96.8 cm³/mol. The van der Waals surface area contributed by atoms with Crippen molar-refractivity contribution in [1.29, 1.82) is 0 Å². The highest BCUT2D eigenvalue weighted by atomic mass is 35.5. The normalized spacial score (nSPS) is 14.5. The quantitative estimate of drug-likeness (QED) is 0.672.